The molecule has 1 aliphatic rings. The van der Waals surface area contributed by atoms with Crippen LogP contribution in [0.15, 0.2) is 70.5 Å². The normalized spacial score (nSPS) is 14.3. The largest absolute Gasteiger partial charge is 0.493 e. The van der Waals surface area contributed by atoms with E-state index in [4.69, 9.17) is 9.47 Å². The van der Waals surface area contributed by atoms with Crippen molar-refractivity contribution in [3.8, 4) is 16.9 Å². The highest BCUT2D eigenvalue weighted by Gasteiger charge is 2.29. The van der Waals surface area contributed by atoms with Crippen molar-refractivity contribution in [2.75, 3.05) is 6.61 Å². The standard InChI is InChI=1S/C28H30O4S/c1-18-15-23(19-12-13-24-20(16-19)9-8-14-31-24)25(33-21-10-6-5-7-11-21)17-22(18)26(27(29)30)32-28(2,3)4/h5-7,10-13,15-17,26H,8-9,14H2,1-4H3,(H,29,30). The second-order valence-electron chi connectivity index (χ2n) is 9.34. The fourth-order valence-corrected chi connectivity index (χ4v) is 5.06. The number of aliphatic carboxylic acids is 1. The molecule has 0 aromatic heterocycles. The van der Waals surface area contributed by atoms with Crippen LogP contribution in [0.2, 0.25) is 0 Å². The van der Waals surface area contributed by atoms with Gasteiger partial charge in [-0.15, -0.1) is 0 Å². The molecule has 1 N–H and O–H groups in total. The van der Waals surface area contributed by atoms with Crippen molar-refractivity contribution >= 4 is 17.7 Å². The van der Waals surface area contributed by atoms with E-state index in [-0.39, 0.29) is 0 Å². The van der Waals surface area contributed by atoms with Gasteiger partial charge in [-0.2, -0.15) is 0 Å². The maximum Gasteiger partial charge on any atom is 0.337 e. The molecule has 0 saturated carbocycles. The number of carboxylic acids is 1. The lowest BCUT2D eigenvalue weighted by atomic mass is 9.94. The van der Waals surface area contributed by atoms with E-state index in [1.54, 1.807) is 11.8 Å². The van der Waals surface area contributed by atoms with E-state index in [1.165, 1.54) is 5.56 Å². The van der Waals surface area contributed by atoms with Crippen LogP contribution in [0.5, 0.6) is 5.75 Å². The van der Waals surface area contributed by atoms with Gasteiger partial charge in [-0.3, -0.25) is 0 Å². The molecular weight excluding hydrogens is 432 g/mol. The maximum atomic E-state index is 12.2. The number of aryl methyl sites for hydroxylation is 2. The summed E-state index contributed by atoms with van der Waals surface area (Å²) in [5.41, 5.74) is 4.40. The second-order valence-corrected chi connectivity index (χ2v) is 10.5. The van der Waals surface area contributed by atoms with Gasteiger partial charge in [0, 0.05) is 9.79 Å². The molecule has 1 atom stereocenters. The molecule has 1 heterocycles. The first kappa shape index (κ1) is 23.4. The Labute approximate surface area is 199 Å². The summed E-state index contributed by atoms with van der Waals surface area (Å²) in [7, 11) is 0. The zero-order valence-corrected chi connectivity index (χ0v) is 20.4. The Kier molecular flexibility index (Phi) is 6.82. The predicted molar refractivity (Wildman–Crippen MR) is 132 cm³/mol. The number of ether oxygens (including phenoxy) is 2. The Morgan fingerprint density at radius 1 is 1.09 bits per heavy atom. The molecule has 5 heteroatoms. The highest BCUT2D eigenvalue weighted by atomic mass is 32.2. The molecule has 0 saturated heterocycles. The van der Waals surface area contributed by atoms with Gasteiger partial charge < -0.3 is 14.6 Å². The molecule has 0 fully saturated rings. The predicted octanol–water partition coefficient (Wildman–Crippen LogP) is 7.08. The van der Waals surface area contributed by atoms with Crippen LogP contribution in [-0.4, -0.2) is 23.3 Å². The Hall–Kier alpha value is -2.76. The lowest BCUT2D eigenvalue weighted by Crippen LogP contribution is -2.27. The molecule has 0 radical (unpaired) electrons. The molecule has 0 amide bonds. The van der Waals surface area contributed by atoms with E-state index in [1.807, 2.05) is 58.0 Å². The van der Waals surface area contributed by atoms with Gasteiger partial charge in [0.05, 0.1) is 12.2 Å². The van der Waals surface area contributed by atoms with Crippen LogP contribution in [0.4, 0.5) is 0 Å². The van der Waals surface area contributed by atoms with Crippen LogP contribution >= 0.6 is 11.8 Å². The molecule has 4 nitrogen and oxygen atoms in total. The van der Waals surface area contributed by atoms with Crippen molar-refractivity contribution in [2.24, 2.45) is 0 Å². The van der Waals surface area contributed by atoms with E-state index in [2.05, 4.69) is 30.3 Å². The van der Waals surface area contributed by atoms with Crippen LogP contribution in [0.3, 0.4) is 0 Å². The van der Waals surface area contributed by atoms with Gasteiger partial charge in [0.25, 0.3) is 0 Å². The quantitative estimate of drug-likeness (QED) is 0.424. The number of hydrogen-bond acceptors (Lipinski definition) is 4. The monoisotopic (exact) mass is 462 g/mol. The number of benzene rings is 3. The van der Waals surface area contributed by atoms with Gasteiger partial charge in [-0.1, -0.05) is 36.0 Å². The van der Waals surface area contributed by atoms with E-state index >= 15 is 0 Å². The molecule has 0 aliphatic carbocycles. The first-order valence-electron chi connectivity index (χ1n) is 11.3. The van der Waals surface area contributed by atoms with E-state index < -0.39 is 17.7 Å². The number of fused-ring (bicyclic) bond motifs is 1. The molecular formula is C28H30O4S. The second kappa shape index (κ2) is 9.62. The Morgan fingerprint density at radius 3 is 2.55 bits per heavy atom. The Morgan fingerprint density at radius 2 is 1.85 bits per heavy atom. The van der Waals surface area contributed by atoms with Gasteiger partial charge in [-0.05, 0) is 105 Å². The van der Waals surface area contributed by atoms with E-state index in [0.717, 1.165) is 51.7 Å². The fourth-order valence-electron chi connectivity index (χ4n) is 4.04. The first-order valence-corrected chi connectivity index (χ1v) is 12.1. The van der Waals surface area contributed by atoms with E-state index in [9.17, 15) is 9.90 Å². The maximum absolute atomic E-state index is 12.2. The van der Waals surface area contributed by atoms with Gasteiger partial charge in [0.2, 0.25) is 0 Å². The summed E-state index contributed by atoms with van der Waals surface area (Å²) in [5, 5.41) is 9.97. The minimum Gasteiger partial charge on any atom is -0.493 e. The molecule has 3 aromatic rings. The van der Waals surface area contributed by atoms with Crippen LogP contribution in [0, 0.1) is 6.92 Å². The average Bonchev–Trinajstić information content (AvgIpc) is 2.78. The summed E-state index contributed by atoms with van der Waals surface area (Å²) in [4.78, 5) is 14.3. The summed E-state index contributed by atoms with van der Waals surface area (Å²) in [6.45, 7) is 8.35. The summed E-state index contributed by atoms with van der Waals surface area (Å²) < 4.78 is 11.8. The van der Waals surface area contributed by atoms with Crippen LogP contribution in [0.25, 0.3) is 11.1 Å². The molecule has 0 bridgehead atoms. The lowest BCUT2D eigenvalue weighted by molar-refractivity contribution is -0.160. The highest BCUT2D eigenvalue weighted by Crippen LogP contribution is 2.41. The van der Waals surface area contributed by atoms with Gasteiger partial charge >= 0.3 is 5.97 Å². The molecule has 172 valence electrons. The highest BCUT2D eigenvalue weighted by molar-refractivity contribution is 7.99. The van der Waals surface area contributed by atoms with Crippen molar-refractivity contribution in [1.82, 2.24) is 0 Å². The number of rotatable bonds is 6. The van der Waals surface area contributed by atoms with E-state index in [0.29, 0.717) is 5.56 Å². The molecule has 33 heavy (non-hydrogen) atoms. The van der Waals surface area contributed by atoms with Crippen molar-refractivity contribution in [1.29, 1.82) is 0 Å². The zero-order valence-electron chi connectivity index (χ0n) is 19.6. The molecule has 4 rings (SSSR count). The minimum absolute atomic E-state index is 0.584. The van der Waals surface area contributed by atoms with Crippen molar-refractivity contribution in [3.05, 3.63) is 77.4 Å². The van der Waals surface area contributed by atoms with Gasteiger partial charge in [0.1, 0.15) is 5.75 Å². The molecule has 0 spiro atoms. The molecule has 3 aromatic carbocycles. The SMILES string of the molecule is Cc1cc(-c2ccc3c(c2)CCCO3)c(Sc2ccccc2)cc1C(OC(C)(C)C)C(=O)O. The fraction of sp³-hybridized carbons (Fsp3) is 0.321. The Balaban J connectivity index is 1.84. The minimum atomic E-state index is -1.04. The van der Waals surface area contributed by atoms with Crippen LogP contribution < -0.4 is 4.74 Å². The van der Waals surface area contributed by atoms with Crippen molar-refractivity contribution < 1.29 is 19.4 Å². The van der Waals surface area contributed by atoms with Crippen LogP contribution in [0.1, 0.15) is 50.0 Å². The Bertz CT molecular complexity index is 1150. The third-order valence-corrected chi connectivity index (χ3v) is 6.60. The number of carboxylic acid groups (broad SMARTS) is 1. The van der Waals surface area contributed by atoms with Crippen molar-refractivity contribution in [2.45, 2.75) is 62.0 Å². The average molecular weight is 463 g/mol. The lowest BCUT2D eigenvalue weighted by Gasteiger charge is -2.27. The molecule has 1 aliphatic heterocycles. The van der Waals surface area contributed by atoms with Crippen molar-refractivity contribution in [3.63, 3.8) is 0 Å². The summed E-state index contributed by atoms with van der Waals surface area (Å²) in [5.74, 6) is -0.0255. The summed E-state index contributed by atoms with van der Waals surface area (Å²) in [6.07, 6.45) is 0.984. The van der Waals surface area contributed by atoms with Gasteiger partial charge in [-0.25, -0.2) is 4.79 Å². The topological polar surface area (TPSA) is 55.8 Å². The number of hydrogen-bond donors (Lipinski definition) is 1. The summed E-state index contributed by atoms with van der Waals surface area (Å²) >= 11 is 1.64. The first-order chi connectivity index (χ1) is 15.7. The third kappa shape index (κ3) is 5.60. The zero-order chi connectivity index (χ0) is 23.6. The third-order valence-electron chi connectivity index (χ3n) is 5.54. The smallest absolute Gasteiger partial charge is 0.337 e. The van der Waals surface area contributed by atoms with Gasteiger partial charge in [0.15, 0.2) is 6.10 Å². The number of carbonyl (C=O) groups is 1. The van der Waals surface area contributed by atoms with Crippen LogP contribution in [-0.2, 0) is 16.0 Å². The molecule has 1 unspecified atom stereocenters. The summed E-state index contributed by atoms with van der Waals surface area (Å²) in [6, 6.07) is 20.6.